The summed E-state index contributed by atoms with van der Waals surface area (Å²) in [6, 6.07) is 8.34. The molecule has 0 saturated carbocycles. The average molecular weight is 454 g/mol. The van der Waals surface area contributed by atoms with Gasteiger partial charge in [0.25, 0.3) is 0 Å². The predicted octanol–water partition coefficient (Wildman–Crippen LogP) is 3.08. The zero-order valence-corrected chi connectivity index (χ0v) is 18.0. The minimum absolute atomic E-state index is 0.0351. The van der Waals surface area contributed by atoms with Gasteiger partial charge in [-0.3, -0.25) is 9.59 Å². The summed E-state index contributed by atoms with van der Waals surface area (Å²) in [7, 11) is -3.82. The second kappa shape index (κ2) is 8.71. The number of anilines is 2. The van der Waals surface area contributed by atoms with E-state index in [1.54, 1.807) is 17.0 Å². The van der Waals surface area contributed by atoms with E-state index in [4.69, 9.17) is 11.6 Å². The van der Waals surface area contributed by atoms with Gasteiger partial charge in [0.05, 0.1) is 9.92 Å². The van der Waals surface area contributed by atoms with E-state index in [0.717, 1.165) is 11.6 Å². The molecule has 3 rings (SSSR count). The van der Waals surface area contributed by atoms with Crippen LogP contribution in [0.1, 0.15) is 25.8 Å². The van der Waals surface area contributed by atoms with Crippen LogP contribution in [-0.2, 0) is 26.0 Å². The molecule has 0 radical (unpaired) electrons. The first-order chi connectivity index (χ1) is 14.1. The Balaban J connectivity index is 1.60. The first-order valence-electron chi connectivity index (χ1n) is 9.26. The molecule has 0 saturated heterocycles. The van der Waals surface area contributed by atoms with Crippen LogP contribution >= 0.6 is 11.6 Å². The topological polar surface area (TPSA) is 95.6 Å². The summed E-state index contributed by atoms with van der Waals surface area (Å²) in [5, 5.41) is 2.41. The number of hydrogen-bond acceptors (Lipinski definition) is 4. The van der Waals surface area contributed by atoms with Crippen molar-refractivity contribution in [2.24, 2.45) is 0 Å². The Kier molecular flexibility index (Phi) is 6.44. The zero-order chi connectivity index (χ0) is 22.1. The molecule has 0 unspecified atom stereocenters. The quantitative estimate of drug-likeness (QED) is 0.702. The Hall–Kier alpha value is -2.49. The number of sulfonamides is 1. The highest BCUT2D eigenvalue weighted by atomic mass is 35.5. The highest BCUT2D eigenvalue weighted by molar-refractivity contribution is 7.89. The van der Waals surface area contributed by atoms with E-state index < -0.39 is 21.7 Å². The molecule has 0 bridgehead atoms. The van der Waals surface area contributed by atoms with E-state index in [1.165, 1.54) is 25.1 Å². The van der Waals surface area contributed by atoms with E-state index in [1.807, 2.05) is 6.92 Å². The van der Waals surface area contributed by atoms with Crippen LogP contribution in [0.4, 0.5) is 15.8 Å². The first-order valence-corrected chi connectivity index (χ1v) is 11.1. The molecule has 0 aromatic heterocycles. The van der Waals surface area contributed by atoms with Crippen molar-refractivity contribution in [1.82, 2.24) is 4.72 Å². The maximum absolute atomic E-state index is 13.2. The fourth-order valence-corrected chi connectivity index (χ4v) is 4.70. The largest absolute Gasteiger partial charge is 0.326 e. The van der Waals surface area contributed by atoms with E-state index in [2.05, 4.69) is 10.0 Å². The van der Waals surface area contributed by atoms with Gasteiger partial charge >= 0.3 is 0 Å². The summed E-state index contributed by atoms with van der Waals surface area (Å²) in [6.07, 6.45) is 0.454. The summed E-state index contributed by atoms with van der Waals surface area (Å²) in [5.74, 6) is -1.14. The number of halogens is 2. The highest BCUT2D eigenvalue weighted by Crippen LogP contribution is 2.33. The van der Waals surface area contributed by atoms with Gasteiger partial charge in [-0.1, -0.05) is 11.6 Å². The molecule has 1 aliphatic rings. The average Bonchev–Trinajstić information content (AvgIpc) is 2.99. The van der Waals surface area contributed by atoms with Gasteiger partial charge < -0.3 is 10.2 Å². The Morgan fingerprint density at radius 2 is 1.97 bits per heavy atom. The number of carbonyl (C=O) groups excluding carboxylic acids is 2. The Bertz CT molecular complexity index is 1110. The normalized spacial score (nSPS) is 15.7. The number of benzene rings is 2. The molecule has 0 aliphatic carbocycles. The van der Waals surface area contributed by atoms with Gasteiger partial charge in [0.15, 0.2) is 0 Å². The van der Waals surface area contributed by atoms with Crippen molar-refractivity contribution in [3.63, 3.8) is 0 Å². The van der Waals surface area contributed by atoms with Crippen LogP contribution in [0.2, 0.25) is 5.02 Å². The summed E-state index contributed by atoms with van der Waals surface area (Å²) in [5.41, 5.74) is 1.81. The molecule has 1 atom stereocenters. The van der Waals surface area contributed by atoms with Crippen molar-refractivity contribution < 1.29 is 22.4 Å². The number of carbonyl (C=O) groups is 2. The Morgan fingerprint density at radius 1 is 1.23 bits per heavy atom. The molecule has 1 aliphatic heterocycles. The molecular formula is C20H21ClFN3O4S. The highest BCUT2D eigenvalue weighted by Gasteiger charge is 2.30. The maximum Gasteiger partial charge on any atom is 0.240 e. The fraction of sp³-hybridized carbons (Fsp3) is 0.300. The lowest BCUT2D eigenvalue weighted by Gasteiger charge is -2.20. The molecule has 160 valence electrons. The van der Waals surface area contributed by atoms with Gasteiger partial charge in [0.2, 0.25) is 21.8 Å². The molecule has 10 heteroatoms. The molecule has 0 spiro atoms. The van der Waals surface area contributed by atoms with Gasteiger partial charge in [0, 0.05) is 37.3 Å². The number of nitrogens with one attached hydrogen (secondary N) is 2. The summed E-state index contributed by atoms with van der Waals surface area (Å²) in [4.78, 5) is 25.5. The van der Waals surface area contributed by atoms with Crippen molar-refractivity contribution in [1.29, 1.82) is 0 Å². The van der Waals surface area contributed by atoms with Crippen LogP contribution in [-0.4, -0.2) is 32.8 Å². The van der Waals surface area contributed by atoms with E-state index in [9.17, 15) is 22.4 Å². The Morgan fingerprint density at radius 3 is 2.63 bits per heavy atom. The molecule has 2 amide bonds. The van der Waals surface area contributed by atoms with Crippen molar-refractivity contribution >= 4 is 44.8 Å². The molecule has 7 nitrogen and oxygen atoms in total. The Labute approximate surface area is 179 Å². The molecule has 30 heavy (non-hydrogen) atoms. The second-order valence-corrected chi connectivity index (χ2v) is 9.23. The van der Waals surface area contributed by atoms with Crippen LogP contribution in [0.5, 0.6) is 0 Å². The lowest BCUT2D eigenvalue weighted by atomic mass is 10.1. The van der Waals surface area contributed by atoms with Crippen LogP contribution < -0.4 is 14.9 Å². The number of amides is 2. The standard InChI is InChI=1S/C20H21ClFN3O4S/c1-12-9-14-10-16(4-6-19(14)25(12)13(2)26)30(28,29)23-8-7-20(27)24-15-3-5-18(22)17(21)11-15/h3-6,10-12,23H,7-9H2,1-2H3,(H,24,27)/t12-/m0/s1. The number of fused-ring (bicyclic) bond motifs is 1. The van der Waals surface area contributed by atoms with Gasteiger partial charge in [-0.25, -0.2) is 17.5 Å². The monoisotopic (exact) mass is 453 g/mol. The predicted molar refractivity (Wildman–Crippen MR) is 113 cm³/mol. The number of rotatable bonds is 6. The zero-order valence-electron chi connectivity index (χ0n) is 16.4. The molecular weight excluding hydrogens is 433 g/mol. The van der Waals surface area contributed by atoms with Gasteiger partial charge in [0.1, 0.15) is 5.82 Å². The first kappa shape index (κ1) is 22.2. The third-order valence-electron chi connectivity index (χ3n) is 4.76. The van der Waals surface area contributed by atoms with Crippen LogP contribution in [0.15, 0.2) is 41.3 Å². The molecule has 2 aromatic carbocycles. The summed E-state index contributed by atoms with van der Waals surface area (Å²) >= 11 is 5.67. The van der Waals surface area contributed by atoms with Crippen LogP contribution in [0, 0.1) is 5.82 Å². The fourth-order valence-electron chi connectivity index (χ4n) is 3.43. The number of hydrogen-bond donors (Lipinski definition) is 2. The van der Waals surface area contributed by atoms with E-state index >= 15 is 0 Å². The van der Waals surface area contributed by atoms with Gasteiger partial charge in [-0.05, 0) is 55.3 Å². The molecule has 2 N–H and O–H groups in total. The minimum Gasteiger partial charge on any atom is -0.326 e. The van der Waals surface area contributed by atoms with E-state index in [-0.39, 0.29) is 34.8 Å². The lowest BCUT2D eigenvalue weighted by molar-refractivity contribution is -0.117. The van der Waals surface area contributed by atoms with Crippen LogP contribution in [0.25, 0.3) is 0 Å². The van der Waals surface area contributed by atoms with Crippen molar-refractivity contribution in [2.75, 3.05) is 16.8 Å². The third kappa shape index (κ3) is 4.80. The maximum atomic E-state index is 13.2. The summed E-state index contributed by atoms with van der Waals surface area (Å²) in [6.45, 7) is 3.26. The van der Waals surface area contributed by atoms with Gasteiger partial charge in [-0.2, -0.15) is 0 Å². The molecule has 2 aromatic rings. The second-order valence-electron chi connectivity index (χ2n) is 7.06. The third-order valence-corrected chi connectivity index (χ3v) is 6.51. The summed E-state index contributed by atoms with van der Waals surface area (Å²) < 4.78 is 40.7. The SMILES string of the molecule is CC(=O)N1c2ccc(S(=O)(=O)NCCC(=O)Nc3ccc(F)c(Cl)c3)cc2C[C@@H]1C. The van der Waals surface area contributed by atoms with Crippen molar-refractivity contribution in [2.45, 2.75) is 37.6 Å². The molecule has 0 fully saturated rings. The number of nitrogens with zero attached hydrogens (tertiary/aromatic N) is 1. The van der Waals surface area contributed by atoms with Crippen molar-refractivity contribution in [3.8, 4) is 0 Å². The lowest BCUT2D eigenvalue weighted by Crippen LogP contribution is -2.33. The minimum atomic E-state index is -3.82. The molecule has 1 heterocycles. The van der Waals surface area contributed by atoms with Gasteiger partial charge in [-0.15, -0.1) is 0 Å². The van der Waals surface area contributed by atoms with Crippen molar-refractivity contribution in [3.05, 3.63) is 52.8 Å². The smallest absolute Gasteiger partial charge is 0.240 e. The van der Waals surface area contributed by atoms with Crippen LogP contribution in [0.3, 0.4) is 0 Å². The van der Waals surface area contributed by atoms with E-state index in [0.29, 0.717) is 17.8 Å².